The molecule has 1 amide bonds. The molecule has 140 valence electrons. The van der Waals surface area contributed by atoms with E-state index in [0.29, 0.717) is 18.5 Å². The summed E-state index contributed by atoms with van der Waals surface area (Å²) in [6, 6.07) is 7.48. The lowest BCUT2D eigenvalue weighted by molar-refractivity contribution is -0.155. The maximum Gasteiger partial charge on any atom is 0.310 e. The Bertz CT molecular complexity index is 724. The van der Waals surface area contributed by atoms with Crippen molar-refractivity contribution < 1.29 is 14.3 Å². The van der Waals surface area contributed by atoms with Crippen LogP contribution < -0.4 is 5.32 Å². The van der Waals surface area contributed by atoms with Gasteiger partial charge in [0.1, 0.15) is 10.6 Å². The van der Waals surface area contributed by atoms with Crippen LogP contribution in [0.5, 0.6) is 0 Å². The summed E-state index contributed by atoms with van der Waals surface area (Å²) in [4.78, 5) is 25.2. The van der Waals surface area contributed by atoms with Crippen LogP contribution >= 0.6 is 34.8 Å². The number of hydrogen-bond donors (Lipinski definition) is 1. The molecule has 1 aliphatic carbocycles. The summed E-state index contributed by atoms with van der Waals surface area (Å²) in [6.45, 7) is 3.54. The lowest BCUT2D eigenvalue weighted by atomic mass is 9.82. The fraction of sp³-hybridized carbons (Fsp3) is 0.368. The van der Waals surface area contributed by atoms with E-state index in [1.54, 1.807) is 6.92 Å². The number of hydrogen-bond acceptors (Lipinski definition) is 3. The average Bonchev–Trinajstić information content (AvgIpc) is 2.62. The van der Waals surface area contributed by atoms with Crippen LogP contribution in [-0.2, 0) is 14.3 Å². The summed E-state index contributed by atoms with van der Waals surface area (Å²) in [5.74, 6) is -1.83. The molecule has 0 saturated heterocycles. The lowest BCUT2D eigenvalue weighted by Crippen LogP contribution is -2.36. The van der Waals surface area contributed by atoms with Gasteiger partial charge in [0.15, 0.2) is 0 Å². The number of carbonyl (C=O) groups excluding carboxylic acids is 2. The Morgan fingerprint density at radius 2 is 1.65 bits per heavy atom. The van der Waals surface area contributed by atoms with Gasteiger partial charge in [-0.05, 0) is 38.8 Å². The van der Waals surface area contributed by atoms with E-state index in [1.807, 2.05) is 43.3 Å². The summed E-state index contributed by atoms with van der Waals surface area (Å²) in [5, 5.41) is 2.91. The molecule has 1 aromatic rings. The zero-order valence-corrected chi connectivity index (χ0v) is 16.7. The molecular formula is C19H20Cl3NO3. The normalized spacial score (nSPS) is 20.2. The summed E-state index contributed by atoms with van der Waals surface area (Å²) in [6.07, 6.45) is 3.88. The van der Waals surface area contributed by atoms with Crippen LogP contribution in [0, 0.1) is 18.8 Å². The van der Waals surface area contributed by atoms with Crippen LogP contribution in [0.4, 0.5) is 5.69 Å². The van der Waals surface area contributed by atoms with E-state index in [2.05, 4.69) is 5.32 Å². The molecule has 0 saturated carbocycles. The summed E-state index contributed by atoms with van der Waals surface area (Å²) in [5.41, 5.74) is 1.79. The highest BCUT2D eigenvalue weighted by molar-refractivity contribution is 6.59. The third-order valence-electron chi connectivity index (χ3n) is 4.22. The number of allylic oxidation sites excluding steroid dienone is 2. The average molecular weight is 417 g/mol. The standard InChI is InChI=1S/C19H20Cl3NO3/c1-11-7-9-13(10-8-11)23-18(24)14-5-3-4-6-15(14)19(25)26-12(2)16(20)17(21)22/h3-4,7-10,12,14-15H,5-6H2,1-2H3,(H,23,24). The maximum absolute atomic E-state index is 12.7. The minimum Gasteiger partial charge on any atom is -0.457 e. The number of benzene rings is 1. The summed E-state index contributed by atoms with van der Waals surface area (Å²) < 4.78 is 5.20. The van der Waals surface area contributed by atoms with Crippen LogP contribution in [-0.4, -0.2) is 18.0 Å². The first-order chi connectivity index (χ1) is 12.3. The van der Waals surface area contributed by atoms with E-state index in [4.69, 9.17) is 39.5 Å². The fourth-order valence-electron chi connectivity index (χ4n) is 2.70. The van der Waals surface area contributed by atoms with Crippen molar-refractivity contribution in [3.8, 4) is 0 Å². The molecule has 3 unspecified atom stereocenters. The molecule has 1 N–H and O–H groups in total. The first kappa shape index (κ1) is 20.8. The van der Waals surface area contributed by atoms with Gasteiger partial charge in [-0.25, -0.2) is 0 Å². The molecule has 0 spiro atoms. The van der Waals surface area contributed by atoms with Gasteiger partial charge >= 0.3 is 5.97 Å². The van der Waals surface area contributed by atoms with E-state index in [-0.39, 0.29) is 15.4 Å². The zero-order chi connectivity index (χ0) is 19.3. The summed E-state index contributed by atoms with van der Waals surface area (Å²) >= 11 is 17.2. The molecule has 0 heterocycles. The lowest BCUT2D eigenvalue weighted by Gasteiger charge is -2.27. The Labute approximate surface area is 168 Å². The first-order valence-electron chi connectivity index (χ1n) is 8.23. The predicted octanol–water partition coefficient (Wildman–Crippen LogP) is 5.33. The molecule has 4 nitrogen and oxygen atoms in total. The molecule has 7 heteroatoms. The van der Waals surface area contributed by atoms with E-state index >= 15 is 0 Å². The van der Waals surface area contributed by atoms with Crippen molar-refractivity contribution in [2.24, 2.45) is 11.8 Å². The van der Waals surface area contributed by atoms with Crippen molar-refractivity contribution in [3.63, 3.8) is 0 Å². The summed E-state index contributed by atoms with van der Waals surface area (Å²) in [7, 11) is 0. The fourth-order valence-corrected chi connectivity index (χ4v) is 3.06. The third kappa shape index (κ3) is 5.50. The van der Waals surface area contributed by atoms with Crippen LogP contribution in [0.15, 0.2) is 45.9 Å². The van der Waals surface area contributed by atoms with Crippen molar-refractivity contribution in [2.45, 2.75) is 32.8 Å². The maximum atomic E-state index is 12.7. The van der Waals surface area contributed by atoms with E-state index < -0.39 is 23.9 Å². The molecular weight excluding hydrogens is 397 g/mol. The second kappa shape index (κ2) is 9.45. The molecule has 26 heavy (non-hydrogen) atoms. The molecule has 3 atom stereocenters. The number of halogens is 3. The molecule has 0 aromatic heterocycles. The van der Waals surface area contributed by atoms with Crippen LogP contribution in [0.1, 0.15) is 25.3 Å². The molecule has 0 bridgehead atoms. The molecule has 2 rings (SSSR count). The number of rotatable bonds is 5. The zero-order valence-electron chi connectivity index (χ0n) is 14.5. The Kier molecular flexibility index (Phi) is 7.56. The monoisotopic (exact) mass is 415 g/mol. The number of carbonyl (C=O) groups is 2. The Morgan fingerprint density at radius 1 is 1.08 bits per heavy atom. The SMILES string of the molecule is Cc1ccc(NC(=O)C2CC=CCC2C(=O)OC(C)C(Cl)=C(Cl)Cl)cc1. The second-order valence-corrected chi connectivity index (χ2v) is 7.56. The van der Waals surface area contributed by atoms with Crippen molar-refractivity contribution in [2.75, 3.05) is 5.32 Å². The van der Waals surface area contributed by atoms with Gasteiger partial charge in [0.2, 0.25) is 5.91 Å². The number of anilines is 1. The number of ether oxygens (including phenoxy) is 1. The number of amides is 1. The van der Waals surface area contributed by atoms with Gasteiger partial charge in [0.25, 0.3) is 0 Å². The van der Waals surface area contributed by atoms with E-state index in [0.717, 1.165) is 5.56 Å². The van der Waals surface area contributed by atoms with Crippen LogP contribution in [0.3, 0.4) is 0 Å². The number of nitrogens with one attached hydrogen (secondary N) is 1. The van der Waals surface area contributed by atoms with E-state index in [9.17, 15) is 9.59 Å². The highest BCUT2D eigenvalue weighted by atomic mass is 35.5. The molecule has 1 aliphatic rings. The highest BCUT2D eigenvalue weighted by Crippen LogP contribution is 2.30. The minimum absolute atomic E-state index is 0.0497. The van der Waals surface area contributed by atoms with Gasteiger partial charge in [0, 0.05) is 5.69 Å². The van der Waals surface area contributed by atoms with Gasteiger partial charge in [0.05, 0.1) is 16.9 Å². The second-order valence-electron chi connectivity index (χ2n) is 6.20. The van der Waals surface area contributed by atoms with Gasteiger partial charge < -0.3 is 10.1 Å². The van der Waals surface area contributed by atoms with Gasteiger partial charge in [-0.3, -0.25) is 9.59 Å². The van der Waals surface area contributed by atoms with Crippen molar-refractivity contribution >= 4 is 52.4 Å². The van der Waals surface area contributed by atoms with Gasteiger partial charge in [-0.15, -0.1) is 0 Å². The van der Waals surface area contributed by atoms with Crippen LogP contribution in [0.2, 0.25) is 0 Å². The Morgan fingerprint density at radius 3 is 2.23 bits per heavy atom. The van der Waals surface area contributed by atoms with Gasteiger partial charge in [-0.2, -0.15) is 0 Å². The van der Waals surface area contributed by atoms with Crippen LogP contribution in [0.25, 0.3) is 0 Å². The van der Waals surface area contributed by atoms with E-state index in [1.165, 1.54) is 0 Å². The largest absolute Gasteiger partial charge is 0.457 e. The Balaban J connectivity index is 2.07. The first-order valence-corrected chi connectivity index (χ1v) is 9.36. The molecule has 0 fully saturated rings. The number of esters is 1. The molecule has 0 radical (unpaired) electrons. The minimum atomic E-state index is -0.777. The van der Waals surface area contributed by atoms with Gasteiger partial charge in [-0.1, -0.05) is 64.7 Å². The third-order valence-corrected chi connectivity index (χ3v) is 5.32. The molecule has 1 aromatic carbocycles. The Hall–Kier alpha value is -1.49. The predicted molar refractivity (Wildman–Crippen MR) is 105 cm³/mol. The van der Waals surface area contributed by atoms with Crippen molar-refractivity contribution in [3.05, 3.63) is 51.5 Å². The number of aryl methyl sites for hydroxylation is 1. The quantitative estimate of drug-likeness (QED) is 0.521. The smallest absolute Gasteiger partial charge is 0.310 e. The topological polar surface area (TPSA) is 55.4 Å². The van der Waals surface area contributed by atoms with Crippen molar-refractivity contribution in [1.29, 1.82) is 0 Å². The molecule has 0 aliphatic heterocycles. The van der Waals surface area contributed by atoms with Crippen molar-refractivity contribution in [1.82, 2.24) is 0 Å². The highest BCUT2D eigenvalue weighted by Gasteiger charge is 2.36.